The van der Waals surface area contributed by atoms with Gasteiger partial charge in [-0.25, -0.2) is 4.98 Å². The van der Waals surface area contributed by atoms with Gasteiger partial charge in [0.1, 0.15) is 5.69 Å². The Kier molecular flexibility index (Phi) is 3.96. The first-order valence-electron chi connectivity index (χ1n) is 7.69. The molecule has 0 aliphatic carbocycles. The summed E-state index contributed by atoms with van der Waals surface area (Å²) in [5.41, 5.74) is 1.29. The van der Waals surface area contributed by atoms with Crippen molar-refractivity contribution < 1.29 is 9.32 Å². The molecule has 3 heterocycles. The van der Waals surface area contributed by atoms with Crippen LogP contribution in [0.5, 0.6) is 0 Å². The number of nitrogens with zero attached hydrogens (tertiary/aromatic N) is 4. The fourth-order valence-electron chi connectivity index (χ4n) is 2.73. The molecular weight excluding hydrogens is 282 g/mol. The van der Waals surface area contributed by atoms with Gasteiger partial charge in [0.25, 0.3) is 5.91 Å². The van der Waals surface area contributed by atoms with E-state index < -0.39 is 0 Å². The van der Waals surface area contributed by atoms with E-state index in [1.54, 1.807) is 6.33 Å². The van der Waals surface area contributed by atoms with Gasteiger partial charge in [0.05, 0.1) is 12.2 Å². The van der Waals surface area contributed by atoms with Crippen LogP contribution in [0, 0.1) is 6.92 Å². The molecule has 1 amide bonds. The standard InChI is InChI=1S/C15H21N5O2/c1-9(2)13-18-14(22-19-13)11-5-4-6-20(7-11)15(21)12-10(3)16-8-17-12/h8-9,11H,4-7H2,1-3H3,(H,16,17)/t11-/m1/s1. The van der Waals surface area contributed by atoms with Crippen LogP contribution in [0.4, 0.5) is 0 Å². The third-order valence-electron chi connectivity index (χ3n) is 4.06. The summed E-state index contributed by atoms with van der Waals surface area (Å²) in [6, 6.07) is 0. The van der Waals surface area contributed by atoms with Crippen molar-refractivity contribution in [2.24, 2.45) is 0 Å². The van der Waals surface area contributed by atoms with Crippen LogP contribution in [0.15, 0.2) is 10.9 Å². The van der Waals surface area contributed by atoms with E-state index >= 15 is 0 Å². The zero-order valence-electron chi connectivity index (χ0n) is 13.2. The first-order valence-corrected chi connectivity index (χ1v) is 7.69. The summed E-state index contributed by atoms with van der Waals surface area (Å²) in [6.07, 6.45) is 3.44. The molecule has 22 heavy (non-hydrogen) atoms. The van der Waals surface area contributed by atoms with E-state index in [-0.39, 0.29) is 17.7 Å². The monoisotopic (exact) mass is 303 g/mol. The molecule has 1 aliphatic rings. The molecule has 1 atom stereocenters. The summed E-state index contributed by atoms with van der Waals surface area (Å²) in [5, 5.41) is 4.02. The van der Waals surface area contributed by atoms with Crippen LogP contribution < -0.4 is 0 Å². The van der Waals surface area contributed by atoms with E-state index in [1.165, 1.54) is 0 Å². The van der Waals surface area contributed by atoms with E-state index in [0.29, 0.717) is 18.1 Å². The highest BCUT2D eigenvalue weighted by Crippen LogP contribution is 2.27. The van der Waals surface area contributed by atoms with E-state index in [4.69, 9.17) is 4.52 Å². The molecule has 2 aromatic rings. The predicted molar refractivity (Wildman–Crippen MR) is 79.6 cm³/mol. The number of rotatable bonds is 3. The molecular formula is C15H21N5O2. The second kappa shape index (κ2) is 5.90. The van der Waals surface area contributed by atoms with Crippen molar-refractivity contribution in [3.8, 4) is 0 Å². The molecule has 0 unspecified atom stereocenters. The number of carbonyl (C=O) groups is 1. The second-order valence-corrected chi connectivity index (χ2v) is 6.11. The van der Waals surface area contributed by atoms with Crippen molar-refractivity contribution in [3.05, 3.63) is 29.4 Å². The lowest BCUT2D eigenvalue weighted by Gasteiger charge is -2.30. The number of aromatic amines is 1. The number of amides is 1. The fourth-order valence-corrected chi connectivity index (χ4v) is 2.73. The molecule has 1 aliphatic heterocycles. The maximum absolute atomic E-state index is 12.5. The average Bonchev–Trinajstić information content (AvgIpc) is 3.15. The lowest BCUT2D eigenvalue weighted by Crippen LogP contribution is -2.39. The first kappa shape index (κ1) is 14.7. The van der Waals surface area contributed by atoms with Gasteiger partial charge in [-0.15, -0.1) is 0 Å². The summed E-state index contributed by atoms with van der Waals surface area (Å²) in [6.45, 7) is 7.27. The van der Waals surface area contributed by atoms with Crippen LogP contribution in [0.1, 0.15) is 66.4 Å². The molecule has 0 aromatic carbocycles. The van der Waals surface area contributed by atoms with Gasteiger partial charge in [0.15, 0.2) is 5.82 Å². The Morgan fingerprint density at radius 3 is 2.95 bits per heavy atom. The van der Waals surface area contributed by atoms with Crippen molar-refractivity contribution in [2.75, 3.05) is 13.1 Å². The van der Waals surface area contributed by atoms with Crippen LogP contribution in [0.25, 0.3) is 0 Å². The molecule has 0 saturated carbocycles. The van der Waals surface area contributed by atoms with Crippen LogP contribution in [0.2, 0.25) is 0 Å². The molecule has 1 N–H and O–H groups in total. The number of H-pyrrole nitrogens is 1. The summed E-state index contributed by atoms with van der Waals surface area (Å²) < 4.78 is 5.39. The Labute approximate surface area is 129 Å². The largest absolute Gasteiger partial charge is 0.348 e. The first-order chi connectivity index (χ1) is 10.6. The van der Waals surface area contributed by atoms with Crippen LogP contribution >= 0.6 is 0 Å². The lowest BCUT2D eigenvalue weighted by molar-refractivity contribution is 0.0689. The smallest absolute Gasteiger partial charge is 0.274 e. The summed E-state index contributed by atoms with van der Waals surface area (Å²) in [4.78, 5) is 25.9. The Hall–Kier alpha value is -2.18. The number of piperidine rings is 1. The number of likely N-dealkylation sites (tertiary alicyclic amines) is 1. The van der Waals surface area contributed by atoms with Crippen molar-refractivity contribution in [1.29, 1.82) is 0 Å². The molecule has 0 bridgehead atoms. The molecule has 2 aromatic heterocycles. The minimum atomic E-state index is -0.0351. The minimum Gasteiger partial charge on any atom is -0.348 e. The molecule has 1 fully saturated rings. The molecule has 0 radical (unpaired) electrons. The van der Waals surface area contributed by atoms with Crippen LogP contribution in [-0.4, -0.2) is 44.0 Å². The van der Waals surface area contributed by atoms with Crippen LogP contribution in [-0.2, 0) is 0 Å². The van der Waals surface area contributed by atoms with Gasteiger partial charge in [-0.3, -0.25) is 4.79 Å². The zero-order chi connectivity index (χ0) is 15.7. The van der Waals surface area contributed by atoms with E-state index in [9.17, 15) is 4.79 Å². The van der Waals surface area contributed by atoms with E-state index in [2.05, 4.69) is 20.1 Å². The molecule has 1 saturated heterocycles. The molecule has 7 heteroatoms. The number of aryl methyl sites for hydroxylation is 1. The van der Waals surface area contributed by atoms with Gasteiger partial charge in [-0.2, -0.15) is 4.98 Å². The van der Waals surface area contributed by atoms with Gasteiger partial charge >= 0.3 is 0 Å². The lowest BCUT2D eigenvalue weighted by atomic mass is 9.97. The summed E-state index contributed by atoms with van der Waals surface area (Å²) in [7, 11) is 0. The molecule has 3 rings (SSSR count). The van der Waals surface area contributed by atoms with Gasteiger partial charge in [-0.05, 0) is 19.8 Å². The summed E-state index contributed by atoms with van der Waals surface area (Å²) >= 11 is 0. The average molecular weight is 303 g/mol. The minimum absolute atomic E-state index is 0.0351. The van der Waals surface area contributed by atoms with Gasteiger partial charge in [0, 0.05) is 24.7 Å². The zero-order valence-corrected chi connectivity index (χ0v) is 13.2. The Balaban J connectivity index is 1.73. The van der Waals surface area contributed by atoms with Crippen molar-refractivity contribution in [1.82, 2.24) is 25.0 Å². The van der Waals surface area contributed by atoms with E-state index in [1.807, 2.05) is 25.7 Å². The SMILES string of the molecule is Cc1[nH]cnc1C(=O)N1CCC[C@@H](c2nc(C(C)C)no2)C1. The Morgan fingerprint density at radius 2 is 2.32 bits per heavy atom. The predicted octanol–water partition coefficient (Wildman–Crippen LogP) is 2.24. The highest BCUT2D eigenvalue weighted by molar-refractivity contribution is 5.93. The molecule has 7 nitrogen and oxygen atoms in total. The maximum atomic E-state index is 12.5. The quantitative estimate of drug-likeness (QED) is 0.939. The number of imidazole rings is 1. The normalized spacial score (nSPS) is 18.9. The number of carbonyl (C=O) groups excluding carboxylic acids is 1. The maximum Gasteiger partial charge on any atom is 0.274 e. The Bertz CT molecular complexity index is 660. The topological polar surface area (TPSA) is 87.9 Å². The second-order valence-electron chi connectivity index (χ2n) is 6.11. The van der Waals surface area contributed by atoms with Crippen molar-refractivity contribution in [3.63, 3.8) is 0 Å². The fraction of sp³-hybridized carbons (Fsp3) is 0.600. The number of hydrogen-bond donors (Lipinski definition) is 1. The third kappa shape index (κ3) is 2.75. The molecule has 0 spiro atoms. The Morgan fingerprint density at radius 1 is 1.50 bits per heavy atom. The number of nitrogens with one attached hydrogen (secondary N) is 1. The molecule has 118 valence electrons. The van der Waals surface area contributed by atoms with Gasteiger partial charge in [0.2, 0.25) is 5.89 Å². The number of aromatic nitrogens is 4. The van der Waals surface area contributed by atoms with Gasteiger partial charge < -0.3 is 14.4 Å². The van der Waals surface area contributed by atoms with Crippen molar-refractivity contribution in [2.45, 2.75) is 45.4 Å². The summed E-state index contributed by atoms with van der Waals surface area (Å²) in [5.74, 6) is 1.68. The van der Waals surface area contributed by atoms with Crippen LogP contribution in [0.3, 0.4) is 0 Å². The highest BCUT2D eigenvalue weighted by atomic mass is 16.5. The highest BCUT2D eigenvalue weighted by Gasteiger charge is 2.30. The van der Waals surface area contributed by atoms with Gasteiger partial charge in [-0.1, -0.05) is 19.0 Å². The van der Waals surface area contributed by atoms with E-state index in [0.717, 1.165) is 30.9 Å². The van der Waals surface area contributed by atoms with Crippen molar-refractivity contribution >= 4 is 5.91 Å². The number of hydrogen-bond acceptors (Lipinski definition) is 5. The third-order valence-corrected chi connectivity index (χ3v) is 4.06.